The van der Waals surface area contributed by atoms with E-state index in [0.29, 0.717) is 18.3 Å². The molecule has 2 aromatic heterocycles. The number of ether oxygens (including phenoxy) is 1. The van der Waals surface area contributed by atoms with Crippen LogP contribution in [0.5, 0.6) is 0 Å². The maximum atomic E-state index is 10.3. The highest BCUT2D eigenvalue weighted by Crippen LogP contribution is 2.51. The summed E-state index contributed by atoms with van der Waals surface area (Å²) < 4.78 is 11.1. The zero-order valence-electron chi connectivity index (χ0n) is 14.7. The Kier molecular flexibility index (Phi) is 4.21. The minimum absolute atomic E-state index is 0.0757. The average molecular weight is 344 g/mol. The van der Waals surface area contributed by atoms with Gasteiger partial charge in [0.05, 0.1) is 12.2 Å². The number of aromatic nitrogens is 3. The van der Waals surface area contributed by atoms with E-state index in [0.717, 1.165) is 43.7 Å². The molecule has 0 amide bonds. The summed E-state index contributed by atoms with van der Waals surface area (Å²) in [6, 6.07) is 3.87. The topological polar surface area (TPSA) is 84.5 Å². The Bertz CT molecular complexity index is 737. The fourth-order valence-corrected chi connectivity index (χ4v) is 4.11. The number of hydrogen-bond donors (Lipinski definition) is 1. The fourth-order valence-electron chi connectivity index (χ4n) is 4.11. The van der Waals surface area contributed by atoms with E-state index in [9.17, 15) is 5.11 Å². The van der Waals surface area contributed by atoms with Gasteiger partial charge in [-0.1, -0.05) is 5.16 Å². The minimum Gasteiger partial charge on any atom is -0.392 e. The Morgan fingerprint density at radius 2 is 2.20 bits per heavy atom. The molecule has 1 saturated carbocycles. The Balaban J connectivity index is 1.48. The molecule has 25 heavy (non-hydrogen) atoms. The number of nitrogens with zero attached hydrogens (tertiary/aromatic N) is 4. The lowest BCUT2D eigenvalue weighted by Gasteiger charge is -2.56. The van der Waals surface area contributed by atoms with Crippen molar-refractivity contribution in [2.45, 2.75) is 45.3 Å². The molecule has 3 heterocycles. The van der Waals surface area contributed by atoms with E-state index in [1.165, 1.54) is 0 Å². The van der Waals surface area contributed by atoms with Crippen molar-refractivity contribution in [2.24, 2.45) is 5.41 Å². The van der Waals surface area contributed by atoms with Crippen LogP contribution in [0, 0.1) is 12.3 Å². The van der Waals surface area contributed by atoms with Gasteiger partial charge in [-0.3, -0.25) is 0 Å². The van der Waals surface area contributed by atoms with Crippen molar-refractivity contribution < 1.29 is 14.4 Å². The highest BCUT2D eigenvalue weighted by Gasteiger charge is 2.56. The Labute approximate surface area is 147 Å². The van der Waals surface area contributed by atoms with Crippen LogP contribution in [0.2, 0.25) is 0 Å². The van der Waals surface area contributed by atoms with Gasteiger partial charge in [0.1, 0.15) is 5.82 Å². The zero-order chi connectivity index (χ0) is 17.4. The van der Waals surface area contributed by atoms with E-state index in [2.05, 4.69) is 20.0 Å². The molecule has 2 fully saturated rings. The summed E-state index contributed by atoms with van der Waals surface area (Å²) in [5.74, 6) is 2.04. The monoisotopic (exact) mass is 344 g/mol. The quantitative estimate of drug-likeness (QED) is 0.910. The van der Waals surface area contributed by atoms with Gasteiger partial charge in [-0.05, 0) is 38.8 Å². The molecular weight excluding hydrogens is 320 g/mol. The van der Waals surface area contributed by atoms with Crippen LogP contribution in [0.15, 0.2) is 22.9 Å². The van der Waals surface area contributed by atoms with Gasteiger partial charge in [0.2, 0.25) is 0 Å². The molecule has 2 aromatic rings. The van der Waals surface area contributed by atoms with Crippen molar-refractivity contribution >= 4 is 5.82 Å². The van der Waals surface area contributed by atoms with Gasteiger partial charge in [0, 0.05) is 43.3 Å². The second-order valence-electron chi connectivity index (χ2n) is 6.97. The highest BCUT2D eigenvalue weighted by atomic mass is 16.5. The molecule has 0 bridgehead atoms. The molecule has 0 aromatic carbocycles. The third-order valence-corrected chi connectivity index (χ3v) is 5.65. The standard InChI is InChI=1S/C18H24N4O3/c1-3-24-15-11-14(23)18(15)5-8-22(9-6-18)16-10-13(4-7-19-16)17-20-12(2)21-25-17/h4,7,10,14-15,23H,3,5-6,8-9,11H2,1-2H3/t14-,15+/m1/s1. The van der Waals surface area contributed by atoms with Crippen LogP contribution in [-0.4, -0.2) is 52.1 Å². The fraction of sp³-hybridized carbons (Fsp3) is 0.611. The Morgan fingerprint density at radius 1 is 1.40 bits per heavy atom. The lowest BCUT2D eigenvalue weighted by Crippen LogP contribution is -2.62. The van der Waals surface area contributed by atoms with Gasteiger partial charge in [0.15, 0.2) is 5.82 Å². The number of aliphatic hydroxyl groups is 1. The maximum Gasteiger partial charge on any atom is 0.258 e. The summed E-state index contributed by atoms with van der Waals surface area (Å²) >= 11 is 0. The lowest BCUT2D eigenvalue weighted by molar-refractivity contribution is -0.199. The van der Waals surface area contributed by atoms with Gasteiger partial charge in [-0.15, -0.1) is 0 Å². The van der Waals surface area contributed by atoms with Crippen molar-refractivity contribution in [3.8, 4) is 11.5 Å². The largest absolute Gasteiger partial charge is 0.392 e. The van der Waals surface area contributed by atoms with Gasteiger partial charge in [0.25, 0.3) is 5.89 Å². The van der Waals surface area contributed by atoms with Crippen molar-refractivity contribution in [1.82, 2.24) is 15.1 Å². The zero-order valence-corrected chi connectivity index (χ0v) is 14.7. The van der Waals surface area contributed by atoms with E-state index >= 15 is 0 Å². The van der Waals surface area contributed by atoms with E-state index in [-0.39, 0.29) is 17.6 Å². The van der Waals surface area contributed by atoms with E-state index < -0.39 is 0 Å². The molecule has 1 spiro atoms. The molecule has 1 N–H and O–H groups in total. The molecular formula is C18H24N4O3. The molecule has 4 rings (SSSR count). The highest BCUT2D eigenvalue weighted by molar-refractivity contribution is 5.58. The van der Waals surface area contributed by atoms with Gasteiger partial charge in [-0.25, -0.2) is 4.98 Å². The van der Waals surface area contributed by atoms with Gasteiger partial charge < -0.3 is 19.3 Å². The van der Waals surface area contributed by atoms with E-state index in [1.807, 2.05) is 19.1 Å². The van der Waals surface area contributed by atoms with Gasteiger partial charge >= 0.3 is 0 Å². The second-order valence-corrected chi connectivity index (χ2v) is 6.97. The molecule has 1 aliphatic carbocycles. The molecule has 0 radical (unpaired) electrons. The number of aliphatic hydroxyl groups excluding tert-OH is 1. The molecule has 2 aliphatic rings. The summed E-state index contributed by atoms with van der Waals surface area (Å²) in [5.41, 5.74) is 0.801. The molecule has 0 unspecified atom stereocenters. The normalized spacial score (nSPS) is 25.2. The molecule has 134 valence electrons. The Morgan fingerprint density at radius 3 is 2.84 bits per heavy atom. The minimum atomic E-state index is -0.244. The van der Waals surface area contributed by atoms with Crippen LogP contribution in [0.3, 0.4) is 0 Å². The third-order valence-electron chi connectivity index (χ3n) is 5.65. The van der Waals surface area contributed by atoms with Crippen molar-refractivity contribution in [3.05, 3.63) is 24.2 Å². The summed E-state index contributed by atoms with van der Waals surface area (Å²) in [4.78, 5) is 11.0. The number of piperidine rings is 1. The first-order valence-corrected chi connectivity index (χ1v) is 8.94. The third kappa shape index (κ3) is 2.81. The first kappa shape index (κ1) is 16.5. The van der Waals surface area contributed by atoms with E-state index in [4.69, 9.17) is 9.26 Å². The number of pyridine rings is 1. The summed E-state index contributed by atoms with van der Waals surface area (Å²) in [6.07, 6.45) is 4.32. The summed E-state index contributed by atoms with van der Waals surface area (Å²) in [6.45, 7) is 6.25. The predicted octanol–water partition coefficient (Wildman–Crippen LogP) is 2.20. The van der Waals surface area contributed by atoms with Crippen LogP contribution in [0.25, 0.3) is 11.5 Å². The van der Waals surface area contributed by atoms with Crippen LogP contribution in [0.4, 0.5) is 5.82 Å². The molecule has 7 heteroatoms. The first-order chi connectivity index (χ1) is 12.1. The van der Waals surface area contributed by atoms with Crippen molar-refractivity contribution in [1.29, 1.82) is 0 Å². The predicted molar refractivity (Wildman–Crippen MR) is 92.2 cm³/mol. The molecule has 2 atom stereocenters. The maximum absolute atomic E-state index is 10.3. The molecule has 1 saturated heterocycles. The van der Waals surface area contributed by atoms with Crippen molar-refractivity contribution in [3.63, 3.8) is 0 Å². The van der Waals surface area contributed by atoms with Crippen LogP contribution in [-0.2, 0) is 4.74 Å². The SMILES string of the molecule is CCO[C@H]1C[C@@H](O)C12CCN(c1cc(-c3nc(C)no3)ccn1)CC2. The number of aryl methyl sites for hydroxylation is 1. The van der Waals surface area contributed by atoms with Gasteiger partial charge in [-0.2, -0.15) is 4.98 Å². The van der Waals surface area contributed by atoms with Crippen LogP contribution < -0.4 is 4.90 Å². The summed E-state index contributed by atoms with van der Waals surface area (Å²) in [5, 5.41) is 14.2. The smallest absolute Gasteiger partial charge is 0.258 e. The first-order valence-electron chi connectivity index (χ1n) is 8.94. The second kappa shape index (κ2) is 6.38. The van der Waals surface area contributed by atoms with Crippen molar-refractivity contribution in [2.75, 3.05) is 24.6 Å². The summed E-state index contributed by atoms with van der Waals surface area (Å²) in [7, 11) is 0. The molecule has 1 aliphatic heterocycles. The van der Waals surface area contributed by atoms with E-state index in [1.54, 1.807) is 13.1 Å². The number of anilines is 1. The average Bonchev–Trinajstić information content (AvgIpc) is 3.08. The number of hydrogen-bond acceptors (Lipinski definition) is 7. The van der Waals surface area contributed by atoms with Crippen LogP contribution >= 0.6 is 0 Å². The number of rotatable bonds is 4. The van der Waals surface area contributed by atoms with Crippen LogP contribution in [0.1, 0.15) is 32.0 Å². The molecule has 7 nitrogen and oxygen atoms in total. The Hall–Kier alpha value is -1.99. The lowest BCUT2D eigenvalue weighted by atomic mass is 9.58.